The van der Waals surface area contributed by atoms with Crippen molar-refractivity contribution < 1.29 is 32.3 Å². The van der Waals surface area contributed by atoms with Gasteiger partial charge in [0.15, 0.2) is 5.11 Å². The Morgan fingerprint density at radius 2 is 1.81 bits per heavy atom. The predicted octanol–water partition coefficient (Wildman–Crippen LogP) is 4.48. The van der Waals surface area contributed by atoms with E-state index < -0.39 is 46.1 Å². The number of nitriles is 1. The lowest BCUT2D eigenvalue weighted by Gasteiger charge is -2.43. The van der Waals surface area contributed by atoms with E-state index in [9.17, 15) is 27.2 Å². The molecular formula is C21H13F4N3O3S. The molecule has 1 spiro atoms. The molecule has 0 bridgehead atoms. The second kappa shape index (κ2) is 7.27. The van der Waals surface area contributed by atoms with Gasteiger partial charge in [0.1, 0.15) is 11.4 Å². The Morgan fingerprint density at radius 1 is 1.16 bits per heavy atom. The van der Waals surface area contributed by atoms with Crippen LogP contribution in [0.2, 0.25) is 0 Å². The molecule has 32 heavy (non-hydrogen) atoms. The van der Waals surface area contributed by atoms with E-state index in [0.29, 0.717) is 25.3 Å². The van der Waals surface area contributed by atoms with E-state index in [-0.39, 0.29) is 16.5 Å². The molecule has 1 saturated heterocycles. The number of amides is 1. The number of halogens is 4. The minimum absolute atomic E-state index is 0.123. The molecule has 2 fully saturated rings. The molecule has 11 heteroatoms. The average Bonchev–Trinajstić information content (AvgIpc) is 2.93. The Labute approximate surface area is 184 Å². The van der Waals surface area contributed by atoms with Crippen LogP contribution in [-0.2, 0) is 11.0 Å². The molecule has 0 unspecified atom stereocenters. The highest BCUT2D eigenvalue weighted by molar-refractivity contribution is 7.81. The summed E-state index contributed by atoms with van der Waals surface area (Å²) in [5.41, 5.74) is -3.60. The number of rotatable bonds is 3. The fraction of sp³-hybridized carbons (Fsp3) is 0.238. The number of aromatic carboxylic acids is 1. The van der Waals surface area contributed by atoms with E-state index in [4.69, 9.17) is 22.6 Å². The van der Waals surface area contributed by atoms with Crippen LogP contribution in [0.5, 0.6) is 0 Å². The van der Waals surface area contributed by atoms with E-state index >= 15 is 0 Å². The molecule has 2 aromatic rings. The number of benzene rings is 2. The smallest absolute Gasteiger partial charge is 0.417 e. The van der Waals surface area contributed by atoms with Gasteiger partial charge in [0.2, 0.25) is 0 Å². The van der Waals surface area contributed by atoms with Gasteiger partial charge < -0.3 is 10.0 Å². The first kappa shape index (κ1) is 21.7. The summed E-state index contributed by atoms with van der Waals surface area (Å²) < 4.78 is 54.6. The van der Waals surface area contributed by atoms with Crippen LogP contribution in [0.4, 0.5) is 28.9 Å². The first-order chi connectivity index (χ1) is 15.0. The largest absolute Gasteiger partial charge is 0.478 e. The highest BCUT2D eigenvalue weighted by Crippen LogP contribution is 2.48. The highest BCUT2D eigenvalue weighted by atomic mass is 32.1. The lowest BCUT2D eigenvalue weighted by molar-refractivity contribution is -0.137. The van der Waals surface area contributed by atoms with Crippen LogP contribution in [0, 0.1) is 17.1 Å². The summed E-state index contributed by atoms with van der Waals surface area (Å²) in [6.45, 7) is 0. The summed E-state index contributed by atoms with van der Waals surface area (Å²) in [5, 5.41) is 17.9. The molecule has 1 saturated carbocycles. The predicted molar refractivity (Wildman–Crippen MR) is 109 cm³/mol. The molecule has 4 rings (SSSR count). The molecule has 2 aromatic carbocycles. The Kier molecular flexibility index (Phi) is 4.93. The number of alkyl halides is 3. The summed E-state index contributed by atoms with van der Waals surface area (Å²) in [7, 11) is 0. The van der Waals surface area contributed by atoms with Gasteiger partial charge in [-0.05, 0) is 67.9 Å². The number of hydrogen-bond acceptors (Lipinski definition) is 4. The first-order valence-electron chi connectivity index (χ1n) is 9.34. The van der Waals surface area contributed by atoms with Crippen molar-refractivity contribution in [2.45, 2.75) is 31.0 Å². The first-order valence-corrected chi connectivity index (χ1v) is 9.75. The molecule has 6 nitrogen and oxygen atoms in total. The van der Waals surface area contributed by atoms with Crippen LogP contribution in [0.25, 0.3) is 0 Å². The monoisotopic (exact) mass is 463 g/mol. The van der Waals surface area contributed by atoms with Gasteiger partial charge in [-0.2, -0.15) is 18.4 Å². The second-order valence-corrected chi connectivity index (χ2v) is 7.82. The maximum atomic E-state index is 14.3. The Morgan fingerprint density at radius 3 is 2.31 bits per heavy atom. The van der Waals surface area contributed by atoms with Gasteiger partial charge in [-0.3, -0.25) is 9.69 Å². The second-order valence-electron chi connectivity index (χ2n) is 7.45. The third-order valence-corrected chi connectivity index (χ3v) is 6.09. The van der Waals surface area contributed by atoms with Crippen LogP contribution in [-0.4, -0.2) is 27.6 Å². The van der Waals surface area contributed by atoms with E-state index in [1.54, 1.807) is 0 Å². The zero-order valence-corrected chi connectivity index (χ0v) is 16.9. The fourth-order valence-corrected chi connectivity index (χ4v) is 4.50. The number of carbonyl (C=O) groups is 2. The van der Waals surface area contributed by atoms with Crippen LogP contribution < -0.4 is 9.80 Å². The summed E-state index contributed by atoms with van der Waals surface area (Å²) in [5.74, 6) is -3.06. The number of hydrogen-bond donors (Lipinski definition) is 1. The highest BCUT2D eigenvalue weighted by Gasteiger charge is 2.59. The maximum Gasteiger partial charge on any atom is 0.417 e. The van der Waals surface area contributed by atoms with Gasteiger partial charge in [0, 0.05) is 5.69 Å². The third-order valence-electron chi connectivity index (χ3n) is 5.72. The topological polar surface area (TPSA) is 84.6 Å². The van der Waals surface area contributed by atoms with Crippen molar-refractivity contribution in [3.8, 4) is 6.07 Å². The van der Waals surface area contributed by atoms with Crippen LogP contribution in [0.3, 0.4) is 0 Å². The zero-order valence-electron chi connectivity index (χ0n) is 16.1. The molecule has 1 aliphatic carbocycles. The summed E-state index contributed by atoms with van der Waals surface area (Å²) in [6.07, 6.45) is -3.50. The fourth-order valence-electron chi connectivity index (χ4n) is 4.03. The summed E-state index contributed by atoms with van der Waals surface area (Å²) in [4.78, 5) is 26.8. The Bertz CT molecular complexity index is 1220. The van der Waals surface area contributed by atoms with Crippen molar-refractivity contribution in [3.63, 3.8) is 0 Å². The number of carboxylic acid groups (broad SMARTS) is 1. The maximum absolute atomic E-state index is 14.3. The Hall–Kier alpha value is -3.52. The molecular weight excluding hydrogens is 450 g/mol. The van der Waals surface area contributed by atoms with Crippen molar-refractivity contribution in [1.29, 1.82) is 5.26 Å². The molecule has 0 aromatic heterocycles. The molecule has 0 radical (unpaired) electrons. The van der Waals surface area contributed by atoms with Crippen molar-refractivity contribution in [2.24, 2.45) is 0 Å². The zero-order chi connectivity index (χ0) is 23.4. The van der Waals surface area contributed by atoms with Crippen molar-refractivity contribution in [2.75, 3.05) is 9.80 Å². The third kappa shape index (κ3) is 3.10. The van der Waals surface area contributed by atoms with Gasteiger partial charge in [-0.1, -0.05) is 0 Å². The minimum Gasteiger partial charge on any atom is -0.478 e. The van der Waals surface area contributed by atoms with Gasteiger partial charge in [0.05, 0.1) is 28.4 Å². The van der Waals surface area contributed by atoms with Gasteiger partial charge in [0.25, 0.3) is 5.91 Å². The summed E-state index contributed by atoms with van der Waals surface area (Å²) >= 11 is 5.42. The lowest BCUT2D eigenvalue weighted by Crippen LogP contribution is -2.55. The number of anilines is 2. The summed E-state index contributed by atoms with van der Waals surface area (Å²) in [6, 6.07) is 7.61. The Balaban J connectivity index is 1.82. The number of nitrogens with zero attached hydrogens (tertiary/aromatic N) is 3. The van der Waals surface area contributed by atoms with E-state index in [2.05, 4.69) is 0 Å². The van der Waals surface area contributed by atoms with Crippen molar-refractivity contribution >= 4 is 40.6 Å². The molecule has 1 aliphatic heterocycles. The van der Waals surface area contributed by atoms with E-state index in [1.807, 2.05) is 0 Å². The van der Waals surface area contributed by atoms with Crippen molar-refractivity contribution in [3.05, 3.63) is 58.9 Å². The van der Waals surface area contributed by atoms with Gasteiger partial charge >= 0.3 is 12.1 Å². The molecule has 0 atom stereocenters. The number of thiocarbonyl (C=S) groups is 1. The molecule has 1 heterocycles. The minimum atomic E-state index is -4.82. The van der Waals surface area contributed by atoms with Crippen LogP contribution in [0.15, 0.2) is 36.4 Å². The van der Waals surface area contributed by atoms with Gasteiger partial charge in [-0.15, -0.1) is 0 Å². The average molecular weight is 463 g/mol. The standard InChI is InChI=1S/C21H13F4N3O3S/c22-16-9-13(4-5-14(16)17(29)30)28-19(32)27(18(31)20(28)6-1-7-20)12-3-2-11(10-26)15(8-12)21(23,24)25/h2-5,8-9H,1,6-7H2,(H,29,30). The number of carbonyl (C=O) groups excluding carboxylic acids is 1. The quantitative estimate of drug-likeness (QED) is 0.534. The number of carboxylic acids is 1. The van der Waals surface area contributed by atoms with Crippen LogP contribution in [0.1, 0.15) is 40.7 Å². The molecule has 1 N–H and O–H groups in total. The molecule has 2 aliphatic rings. The van der Waals surface area contributed by atoms with E-state index in [1.165, 1.54) is 23.1 Å². The lowest BCUT2D eigenvalue weighted by atomic mass is 9.75. The van der Waals surface area contributed by atoms with Crippen molar-refractivity contribution in [1.82, 2.24) is 0 Å². The molecule has 164 valence electrons. The van der Waals surface area contributed by atoms with E-state index in [0.717, 1.165) is 23.1 Å². The van der Waals surface area contributed by atoms with Gasteiger partial charge in [-0.25, -0.2) is 9.18 Å². The SMILES string of the molecule is N#Cc1ccc(N2C(=O)C3(CCC3)N(c3ccc(C(=O)O)c(F)c3)C2=S)cc1C(F)(F)F. The normalized spacial score (nSPS) is 17.5. The molecule has 1 amide bonds. The van der Waals surface area contributed by atoms with Crippen LogP contribution >= 0.6 is 12.2 Å².